The standard InChI is InChI=1S/C18H18N7O3.Nb/c1-3-27-15(26)5-4-13-8-21-24(9-13)10-14-22-17-12(2)16(18-19-6-7-28-18)20-11-25(17)23-14;/h6-9H,3-5,10H2,1-2H3;/q-1;. The minimum Gasteiger partial charge on any atom is -0.466 e. The summed E-state index contributed by atoms with van der Waals surface area (Å²) in [4.78, 5) is 24.4. The molecule has 4 heterocycles. The van der Waals surface area contributed by atoms with Crippen LogP contribution in [0.25, 0.3) is 17.2 Å². The Labute approximate surface area is 181 Å². The quantitative estimate of drug-likeness (QED) is 0.226. The molecular formula is C18H18N7NbO3-. The molecule has 29 heavy (non-hydrogen) atoms. The van der Waals surface area contributed by atoms with Crippen LogP contribution in [0.1, 0.15) is 30.3 Å². The van der Waals surface area contributed by atoms with E-state index in [0.29, 0.717) is 49.0 Å². The van der Waals surface area contributed by atoms with Gasteiger partial charge in [-0.05, 0) is 18.9 Å². The van der Waals surface area contributed by atoms with Crippen LogP contribution in [0, 0.1) is 13.3 Å². The summed E-state index contributed by atoms with van der Waals surface area (Å²) < 4.78 is 13.5. The van der Waals surface area contributed by atoms with Gasteiger partial charge in [0.05, 0.1) is 19.0 Å². The van der Waals surface area contributed by atoms with Gasteiger partial charge in [-0.3, -0.25) is 14.5 Å². The molecule has 149 valence electrons. The molecule has 0 aliphatic carbocycles. The molecule has 0 atom stereocenters. The van der Waals surface area contributed by atoms with Crippen LogP contribution in [0.2, 0.25) is 0 Å². The zero-order valence-electron chi connectivity index (χ0n) is 15.9. The Balaban J connectivity index is 0.00000240. The van der Waals surface area contributed by atoms with Crippen molar-refractivity contribution in [1.29, 1.82) is 0 Å². The van der Waals surface area contributed by atoms with Gasteiger partial charge in [0.1, 0.15) is 12.8 Å². The summed E-state index contributed by atoms with van der Waals surface area (Å²) in [6.07, 6.45) is 10.4. The molecule has 4 aromatic rings. The second kappa shape index (κ2) is 9.12. The van der Waals surface area contributed by atoms with Gasteiger partial charge in [-0.2, -0.15) is 10.2 Å². The Bertz CT molecular complexity index is 1100. The fourth-order valence-corrected chi connectivity index (χ4v) is 2.82. The van der Waals surface area contributed by atoms with E-state index < -0.39 is 0 Å². The molecule has 0 unspecified atom stereocenters. The number of ether oxygens (including phenoxy) is 1. The van der Waals surface area contributed by atoms with E-state index in [4.69, 9.17) is 9.15 Å². The zero-order chi connectivity index (χ0) is 19.5. The fraction of sp³-hybridized carbons (Fsp3) is 0.333. The summed E-state index contributed by atoms with van der Waals surface area (Å²) >= 11 is 0. The Morgan fingerprint density at radius 2 is 2.24 bits per heavy atom. The molecule has 0 amide bonds. The second-order valence-corrected chi connectivity index (χ2v) is 6.14. The first kappa shape index (κ1) is 20.9. The van der Waals surface area contributed by atoms with E-state index in [1.165, 1.54) is 10.8 Å². The molecular weight excluding hydrogens is 455 g/mol. The molecule has 0 aromatic carbocycles. The summed E-state index contributed by atoms with van der Waals surface area (Å²) in [5, 5.41) is 8.71. The SMILES string of the molecule is CCOC(=O)CCc1cnn(Cc2nc3c(C)c(-c4ncco4)n[c-]n3n2)c1.[Nb]. The van der Waals surface area contributed by atoms with Crippen molar-refractivity contribution in [1.82, 2.24) is 34.3 Å². The number of nitrogens with zero attached hydrogens (tertiary/aromatic N) is 7. The maximum Gasteiger partial charge on any atom is 0.306 e. The summed E-state index contributed by atoms with van der Waals surface area (Å²) in [7, 11) is 0. The third-order valence-electron chi connectivity index (χ3n) is 4.15. The fourth-order valence-electron chi connectivity index (χ4n) is 2.82. The maximum atomic E-state index is 11.5. The Morgan fingerprint density at radius 3 is 3.00 bits per heavy atom. The van der Waals surface area contributed by atoms with Crippen LogP contribution in [-0.4, -0.2) is 46.9 Å². The molecule has 4 rings (SSSR count). The summed E-state index contributed by atoms with van der Waals surface area (Å²) in [5.41, 5.74) is 2.97. The third-order valence-corrected chi connectivity index (χ3v) is 4.15. The molecule has 0 bridgehead atoms. The summed E-state index contributed by atoms with van der Waals surface area (Å²) in [5.74, 6) is 0.780. The smallest absolute Gasteiger partial charge is 0.306 e. The molecule has 0 saturated carbocycles. The van der Waals surface area contributed by atoms with E-state index in [-0.39, 0.29) is 28.3 Å². The maximum absolute atomic E-state index is 11.5. The van der Waals surface area contributed by atoms with Gasteiger partial charge in [-0.1, -0.05) is 12.5 Å². The predicted octanol–water partition coefficient (Wildman–Crippen LogP) is 1.63. The molecule has 0 fully saturated rings. The molecule has 11 heteroatoms. The average molecular weight is 473 g/mol. The third kappa shape index (κ3) is 4.61. The van der Waals surface area contributed by atoms with E-state index in [9.17, 15) is 4.79 Å². The van der Waals surface area contributed by atoms with Crippen LogP contribution >= 0.6 is 0 Å². The van der Waals surface area contributed by atoms with E-state index in [1.807, 2.05) is 13.1 Å². The first-order valence-corrected chi connectivity index (χ1v) is 8.84. The molecule has 10 nitrogen and oxygen atoms in total. The van der Waals surface area contributed by atoms with Crippen molar-refractivity contribution in [3.8, 4) is 11.6 Å². The van der Waals surface area contributed by atoms with Crippen molar-refractivity contribution in [3.05, 3.63) is 48.1 Å². The molecule has 0 N–H and O–H groups in total. The van der Waals surface area contributed by atoms with Gasteiger partial charge in [-0.15, -0.1) is 0 Å². The van der Waals surface area contributed by atoms with Crippen LogP contribution in [-0.2, 0) is 44.9 Å². The van der Waals surface area contributed by atoms with Crippen molar-refractivity contribution < 1.29 is 36.3 Å². The number of hydrogen-bond acceptors (Lipinski definition) is 8. The molecule has 1 radical (unpaired) electrons. The minimum atomic E-state index is -0.211. The van der Waals surface area contributed by atoms with Gasteiger partial charge in [0.2, 0.25) is 0 Å². The van der Waals surface area contributed by atoms with Crippen molar-refractivity contribution in [2.24, 2.45) is 0 Å². The summed E-state index contributed by atoms with van der Waals surface area (Å²) in [6, 6.07) is 0. The molecule has 0 aliphatic rings. The largest absolute Gasteiger partial charge is 0.466 e. The minimum absolute atomic E-state index is 0. The van der Waals surface area contributed by atoms with E-state index in [1.54, 1.807) is 24.0 Å². The second-order valence-electron chi connectivity index (χ2n) is 6.14. The van der Waals surface area contributed by atoms with E-state index >= 15 is 0 Å². The first-order valence-electron chi connectivity index (χ1n) is 8.84. The Hall–Kier alpha value is -2.82. The normalized spacial score (nSPS) is 10.8. The average Bonchev–Trinajstić information content (AvgIpc) is 3.42. The number of aryl methyl sites for hydroxylation is 2. The molecule has 0 spiro atoms. The van der Waals surface area contributed by atoms with Crippen molar-refractivity contribution in [3.63, 3.8) is 0 Å². The van der Waals surface area contributed by atoms with Crippen LogP contribution < -0.4 is 0 Å². The van der Waals surface area contributed by atoms with Crippen LogP contribution in [0.3, 0.4) is 0 Å². The summed E-state index contributed by atoms with van der Waals surface area (Å²) in [6.45, 7) is 4.46. The number of fused-ring (bicyclic) bond motifs is 1. The number of oxazole rings is 1. The number of esters is 1. The first-order chi connectivity index (χ1) is 13.6. The monoisotopic (exact) mass is 473 g/mol. The molecule has 0 saturated heterocycles. The Morgan fingerprint density at radius 1 is 1.38 bits per heavy atom. The van der Waals surface area contributed by atoms with Crippen molar-refractivity contribution in [2.75, 3.05) is 6.61 Å². The number of rotatable bonds is 7. The Kier molecular flexibility index (Phi) is 6.57. The zero-order valence-corrected chi connectivity index (χ0v) is 18.1. The number of carbonyl (C=O) groups is 1. The predicted molar refractivity (Wildman–Crippen MR) is 96.1 cm³/mol. The van der Waals surface area contributed by atoms with E-state index in [2.05, 4.69) is 31.5 Å². The van der Waals surface area contributed by atoms with Crippen LogP contribution in [0.5, 0.6) is 0 Å². The number of aromatic nitrogens is 7. The molecule has 4 aromatic heterocycles. The van der Waals surface area contributed by atoms with Crippen LogP contribution in [0.4, 0.5) is 0 Å². The van der Waals surface area contributed by atoms with Gasteiger partial charge in [0, 0.05) is 52.7 Å². The van der Waals surface area contributed by atoms with Crippen molar-refractivity contribution in [2.45, 2.75) is 33.2 Å². The van der Waals surface area contributed by atoms with E-state index in [0.717, 1.165) is 11.1 Å². The van der Waals surface area contributed by atoms with Gasteiger partial charge in [-0.25, -0.2) is 4.98 Å². The number of carbonyl (C=O) groups excluding carboxylic acids is 1. The van der Waals surface area contributed by atoms with Crippen molar-refractivity contribution >= 4 is 11.6 Å². The van der Waals surface area contributed by atoms with Crippen LogP contribution in [0.15, 0.2) is 29.3 Å². The van der Waals surface area contributed by atoms with Gasteiger partial charge < -0.3 is 18.7 Å². The topological polar surface area (TPSA) is 113 Å². The van der Waals surface area contributed by atoms with Gasteiger partial charge in [0.25, 0.3) is 0 Å². The van der Waals surface area contributed by atoms with Gasteiger partial charge in [0.15, 0.2) is 11.7 Å². The number of hydrogen-bond donors (Lipinski definition) is 0. The van der Waals surface area contributed by atoms with Gasteiger partial charge >= 0.3 is 5.97 Å². The molecule has 0 aliphatic heterocycles.